The van der Waals surface area contributed by atoms with Crippen molar-refractivity contribution in [3.63, 3.8) is 0 Å². The number of rotatable bonds is 7. The van der Waals surface area contributed by atoms with Crippen LogP contribution in [0.15, 0.2) is 29.1 Å². The molecule has 1 saturated carbocycles. The molecule has 4 rings (SSSR count). The zero-order chi connectivity index (χ0) is 19.7. The summed E-state index contributed by atoms with van der Waals surface area (Å²) in [5.74, 6) is 0.872. The zero-order valence-electron chi connectivity index (χ0n) is 14.7. The van der Waals surface area contributed by atoms with Crippen LogP contribution in [0, 0.1) is 5.92 Å². The van der Waals surface area contributed by atoms with Crippen molar-refractivity contribution in [2.45, 2.75) is 31.5 Å². The minimum Gasteiger partial charge on any atom is -0.467 e. The number of furan rings is 1. The molecule has 1 fully saturated rings. The molecule has 1 aliphatic rings. The highest BCUT2D eigenvalue weighted by atomic mass is 32.2. The maximum Gasteiger partial charge on any atom is 0.333 e. The Balaban J connectivity index is 1.51. The van der Waals surface area contributed by atoms with E-state index in [1.54, 1.807) is 17.0 Å². The number of anilines is 1. The van der Waals surface area contributed by atoms with E-state index in [0.29, 0.717) is 36.4 Å². The second-order valence-corrected chi connectivity index (χ2v) is 7.81. The van der Waals surface area contributed by atoms with Gasteiger partial charge < -0.3 is 14.8 Å². The third-order valence-electron chi connectivity index (χ3n) is 4.70. The average molecular weight is 409 g/mol. The molecule has 3 aromatic heterocycles. The number of aromatic nitrogens is 5. The Morgan fingerprint density at radius 2 is 2.25 bits per heavy atom. The largest absolute Gasteiger partial charge is 0.467 e. The van der Waals surface area contributed by atoms with Gasteiger partial charge in [-0.25, -0.2) is 19.8 Å². The van der Waals surface area contributed by atoms with Crippen LogP contribution in [0.2, 0.25) is 0 Å². The number of hydrogen-bond acceptors (Lipinski definition) is 10. The van der Waals surface area contributed by atoms with Crippen LogP contribution in [0.4, 0.5) is 5.82 Å². The molecular formula is C15H19N7O5S. The summed E-state index contributed by atoms with van der Waals surface area (Å²) in [6.45, 7) is 0.245. The highest BCUT2D eigenvalue weighted by molar-refractivity contribution is 7.84. The molecule has 0 bridgehead atoms. The fraction of sp³-hybridized carbons (Fsp3) is 0.467. The summed E-state index contributed by atoms with van der Waals surface area (Å²) in [7, 11) is -4.05. The molecular weight excluding hydrogens is 390 g/mol. The number of nitrogens with zero attached hydrogens (tertiary/aromatic N) is 5. The Bertz CT molecular complexity index is 1050. The molecule has 3 heterocycles. The molecule has 28 heavy (non-hydrogen) atoms. The summed E-state index contributed by atoms with van der Waals surface area (Å²) in [6.07, 6.45) is 3.07. The smallest absolute Gasteiger partial charge is 0.333 e. The topological polar surface area (TPSA) is 171 Å². The van der Waals surface area contributed by atoms with E-state index in [9.17, 15) is 13.5 Å². The van der Waals surface area contributed by atoms with Gasteiger partial charge in [0.25, 0.3) is 0 Å². The first-order chi connectivity index (χ1) is 13.4. The fourth-order valence-corrected chi connectivity index (χ4v) is 3.72. The molecule has 0 saturated heterocycles. The highest BCUT2D eigenvalue weighted by Gasteiger charge is 2.36. The van der Waals surface area contributed by atoms with E-state index in [0.717, 1.165) is 5.76 Å². The first-order valence-corrected chi connectivity index (χ1v) is 10.0. The van der Waals surface area contributed by atoms with E-state index in [1.165, 1.54) is 6.33 Å². The molecule has 4 N–H and O–H groups in total. The first kappa shape index (κ1) is 18.7. The predicted molar refractivity (Wildman–Crippen MR) is 96.0 cm³/mol. The highest BCUT2D eigenvalue weighted by Crippen LogP contribution is 2.36. The first-order valence-electron chi connectivity index (χ1n) is 8.58. The van der Waals surface area contributed by atoms with Gasteiger partial charge in [0.05, 0.1) is 31.6 Å². The van der Waals surface area contributed by atoms with Gasteiger partial charge >= 0.3 is 10.3 Å². The molecule has 3 aromatic rings. The van der Waals surface area contributed by atoms with E-state index >= 15 is 0 Å². The van der Waals surface area contributed by atoms with Gasteiger partial charge in [-0.3, -0.25) is 4.18 Å². The van der Waals surface area contributed by atoms with Crippen LogP contribution in [-0.2, 0) is 21.0 Å². The lowest BCUT2D eigenvalue weighted by atomic mass is 10.1. The van der Waals surface area contributed by atoms with Crippen molar-refractivity contribution in [3.8, 4) is 0 Å². The van der Waals surface area contributed by atoms with Crippen molar-refractivity contribution >= 4 is 27.3 Å². The van der Waals surface area contributed by atoms with Gasteiger partial charge in [-0.05, 0) is 25.0 Å². The van der Waals surface area contributed by atoms with Gasteiger partial charge in [0.2, 0.25) is 0 Å². The summed E-state index contributed by atoms with van der Waals surface area (Å²) in [5.41, 5.74) is 1.01. The van der Waals surface area contributed by atoms with Gasteiger partial charge in [-0.15, -0.1) is 5.10 Å². The molecule has 0 amide bonds. The summed E-state index contributed by atoms with van der Waals surface area (Å²) in [4.78, 5) is 8.46. The van der Waals surface area contributed by atoms with Crippen LogP contribution in [0.5, 0.6) is 0 Å². The number of fused-ring (bicyclic) bond motifs is 1. The van der Waals surface area contributed by atoms with Gasteiger partial charge in [-0.1, -0.05) is 5.21 Å². The Labute approximate surface area is 160 Å². The van der Waals surface area contributed by atoms with Gasteiger partial charge in [0, 0.05) is 5.92 Å². The van der Waals surface area contributed by atoms with Crippen LogP contribution in [0.1, 0.15) is 24.6 Å². The number of nitrogens with one attached hydrogen (secondary N) is 1. The third-order valence-corrected chi connectivity index (χ3v) is 5.16. The Morgan fingerprint density at radius 3 is 3.00 bits per heavy atom. The van der Waals surface area contributed by atoms with Gasteiger partial charge in [0.15, 0.2) is 17.0 Å². The SMILES string of the molecule is NS(=O)(=O)OCC1CC(n2nnc3c(NCc4ccco4)ncnc32)CC1O. The third kappa shape index (κ3) is 3.96. The molecule has 0 aliphatic heterocycles. The lowest BCUT2D eigenvalue weighted by Crippen LogP contribution is -2.24. The van der Waals surface area contributed by atoms with E-state index < -0.39 is 16.4 Å². The van der Waals surface area contributed by atoms with Crippen molar-refractivity contribution in [3.05, 3.63) is 30.5 Å². The van der Waals surface area contributed by atoms with Crippen molar-refractivity contribution in [2.75, 3.05) is 11.9 Å². The normalized spacial score (nSPS) is 22.7. The molecule has 0 radical (unpaired) electrons. The summed E-state index contributed by atoms with van der Waals surface area (Å²) >= 11 is 0. The Morgan fingerprint density at radius 1 is 1.39 bits per heavy atom. The average Bonchev–Trinajstić information content (AvgIpc) is 3.37. The summed E-state index contributed by atoms with van der Waals surface area (Å²) in [5, 5.41) is 26.6. The summed E-state index contributed by atoms with van der Waals surface area (Å²) in [6, 6.07) is 3.43. The number of hydrogen-bond donors (Lipinski definition) is 3. The van der Waals surface area contributed by atoms with E-state index in [1.807, 2.05) is 6.07 Å². The van der Waals surface area contributed by atoms with Crippen molar-refractivity contribution in [2.24, 2.45) is 11.1 Å². The zero-order valence-corrected chi connectivity index (χ0v) is 15.5. The number of aliphatic hydroxyl groups is 1. The second kappa shape index (κ2) is 7.43. The van der Waals surface area contributed by atoms with Crippen LogP contribution in [-0.4, -0.2) is 51.2 Å². The quantitative estimate of drug-likeness (QED) is 0.481. The lowest BCUT2D eigenvalue weighted by Gasteiger charge is -2.12. The van der Waals surface area contributed by atoms with Crippen molar-refractivity contribution in [1.82, 2.24) is 25.0 Å². The maximum atomic E-state index is 11.0. The predicted octanol–water partition coefficient (Wildman–Crippen LogP) is -0.0415. The maximum absolute atomic E-state index is 11.0. The molecule has 3 atom stereocenters. The fourth-order valence-electron chi connectivity index (χ4n) is 3.36. The lowest BCUT2D eigenvalue weighted by molar-refractivity contribution is 0.100. The number of aliphatic hydroxyl groups excluding tert-OH is 1. The van der Waals surface area contributed by atoms with Gasteiger partial charge in [-0.2, -0.15) is 8.42 Å². The molecule has 12 nitrogen and oxygen atoms in total. The van der Waals surface area contributed by atoms with Crippen molar-refractivity contribution < 1.29 is 22.1 Å². The van der Waals surface area contributed by atoms with Crippen LogP contribution >= 0.6 is 0 Å². The van der Waals surface area contributed by atoms with Crippen LogP contribution in [0.3, 0.4) is 0 Å². The Kier molecular flexibility index (Phi) is 4.97. The molecule has 13 heteroatoms. The molecule has 0 aromatic carbocycles. The van der Waals surface area contributed by atoms with Crippen LogP contribution in [0.25, 0.3) is 11.2 Å². The van der Waals surface area contributed by atoms with E-state index in [4.69, 9.17) is 9.56 Å². The minimum atomic E-state index is -4.05. The van der Waals surface area contributed by atoms with E-state index in [-0.39, 0.29) is 18.6 Å². The summed E-state index contributed by atoms with van der Waals surface area (Å²) < 4.78 is 33.5. The second-order valence-electron chi connectivity index (χ2n) is 6.59. The molecule has 3 unspecified atom stereocenters. The van der Waals surface area contributed by atoms with Crippen molar-refractivity contribution in [1.29, 1.82) is 0 Å². The molecule has 1 aliphatic carbocycles. The van der Waals surface area contributed by atoms with E-state index in [2.05, 4.69) is 29.8 Å². The molecule has 0 spiro atoms. The minimum absolute atomic E-state index is 0.186. The van der Waals surface area contributed by atoms with Gasteiger partial charge in [0.1, 0.15) is 12.1 Å². The standard InChI is InChI=1S/C15H19N7O5S/c16-28(24,25)27-7-9-4-10(5-12(9)23)22-15-13(20-21-22)14(18-8-19-15)17-6-11-2-1-3-26-11/h1-3,8-10,12,23H,4-7H2,(H2,16,24,25)(H,17,18,19). The Hall–Kier alpha value is -2.61. The monoisotopic (exact) mass is 409 g/mol. The molecule has 150 valence electrons. The van der Waals surface area contributed by atoms with Crippen LogP contribution < -0.4 is 10.5 Å². The number of nitrogens with two attached hydrogens (primary N) is 1.